The number of nitrogens with zero attached hydrogens (tertiary/aromatic N) is 1. The van der Waals surface area contributed by atoms with Gasteiger partial charge < -0.3 is 20.1 Å². The standard InChI is InChI=1S/C16H19BrN2O2/c1-19(2)13-6-7-15(18)16(11-13)21-9-8-20-14-5-3-4-12(17)10-14/h3-7,10-11H,8-9,18H2,1-2H3. The highest BCUT2D eigenvalue weighted by Gasteiger charge is 2.04. The maximum atomic E-state index is 5.91. The molecule has 2 N–H and O–H groups in total. The molecule has 0 bridgehead atoms. The van der Waals surface area contributed by atoms with E-state index in [0.717, 1.165) is 15.9 Å². The Morgan fingerprint density at radius 3 is 2.52 bits per heavy atom. The Labute approximate surface area is 133 Å². The smallest absolute Gasteiger partial charge is 0.144 e. The first kappa shape index (κ1) is 15.5. The van der Waals surface area contributed by atoms with Gasteiger partial charge in [0.05, 0.1) is 5.69 Å². The number of rotatable bonds is 6. The Morgan fingerprint density at radius 1 is 1.05 bits per heavy atom. The first-order chi connectivity index (χ1) is 10.1. The van der Waals surface area contributed by atoms with Gasteiger partial charge in [-0.25, -0.2) is 0 Å². The van der Waals surface area contributed by atoms with E-state index in [9.17, 15) is 0 Å². The number of hydrogen-bond donors (Lipinski definition) is 1. The van der Waals surface area contributed by atoms with Crippen molar-refractivity contribution >= 4 is 27.3 Å². The van der Waals surface area contributed by atoms with Gasteiger partial charge in [-0.1, -0.05) is 22.0 Å². The van der Waals surface area contributed by atoms with E-state index in [1.165, 1.54) is 0 Å². The molecular weight excluding hydrogens is 332 g/mol. The van der Waals surface area contributed by atoms with E-state index in [1.807, 2.05) is 61.5 Å². The zero-order valence-electron chi connectivity index (χ0n) is 12.2. The molecule has 2 aromatic carbocycles. The summed E-state index contributed by atoms with van der Waals surface area (Å²) in [7, 11) is 3.96. The molecule has 2 aromatic rings. The van der Waals surface area contributed by atoms with Gasteiger partial charge in [0.2, 0.25) is 0 Å². The molecule has 21 heavy (non-hydrogen) atoms. The van der Waals surface area contributed by atoms with Crippen molar-refractivity contribution in [3.8, 4) is 11.5 Å². The molecule has 0 saturated carbocycles. The Bertz CT molecular complexity index is 603. The highest BCUT2D eigenvalue weighted by atomic mass is 79.9. The van der Waals surface area contributed by atoms with Gasteiger partial charge in [0.15, 0.2) is 0 Å². The van der Waals surface area contributed by atoms with Crippen LogP contribution in [0.25, 0.3) is 0 Å². The maximum absolute atomic E-state index is 5.91. The number of hydrogen-bond acceptors (Lipinski definition) is 4. The summed E-state index contributed by atoms with van der Waals surface area (Å²) >= 11 is 3.41. The molecule has 0 aliphatic carbocycles. The third kappa shape index (κ3) is 4.56. The minimum Gasteiger partial charge on any atom is -0.490 e. The molecule has 0 aliphatic rings. The summed E-state index contributed by atoms with van der Waals surface area (Å²) in [6.07, 6.45) is 0. The van der Waals surface area contributed by atoms with Crippen molar-refractivity contribution in [1.29, 1.82) is 0 Å². The van der Waals surface area contributed by atoms with Crippen molar-refractivity contribution in [3.05, 3.63) is 46.9 Å². The van der Waals surface area contributed by atoms with Crippen molar-refractivity contribution in [2.75, 3.05) is 37.9 Å². The van der Waals surface area contributed by atoms with E-state index >= 15 is 0 Å². The topological polar surface area (TPSA) is 47.7 Å². The number of halogens is 1. The van der Waals surface area contributed by atoms with Crippen LogP contribution < -0.4 is 20.1 Å². The third-order valence-electron chi connectivity index (χ3n) is 2.92. The van der Waals surface area contributed by atoms with Crippen molar-refractivity contribution in [2.24, 2.45) is 0 Å². The zero-order valence-corrected chi connectivity index (χ0v) is 13.8. The van der Waals surface area contributed by atoms with Crippen molar-refractivity contribution < 1.29 is 9.47 Å². The fraction of sp³-hybridized carbons (Fsp3) is 0.250. The zero-order chi connectivity index (χ0) is 15.2. The van der Waals surface area contributed by atoms with Gasteiger partial charge in [0.1, 0.15) is 24.7 Å². The molecule has 0 atom stereocenters. The summed E-state index contributed by atoms with van der Waals surface area (Å²) in [5, 5.41) is 0. The predicted octanol–water partition coefficient (Wildman–Crippen LogP) is 3.56. The lowest BCUT2D eigenvalue weighted by Crippen LogP contribution is -2.12. The van der Waals surface area contributed by atoms with E-state index in [2.05, 4.69) is 15.9 Å². The molecule has 4 nitrogen and oxygen atoms in total. The number of nitrogen functional groups attached to an aromatic ring is 1. The first-order valence-corrected chi connectivity index (χ1v) is 7.43. The average Bonchev–Trinajstić information content (AvgIpc) is 2.45. The summed E-state index contributed by atoms with van der Waals surface area (Å²) in [4.78, 5) is 2.00. The second kappa shape index (κ2) is 7.22. The van der Waals surface area contributed by atoms with Crippen LogP contribution in [0.4, 0.5) is 11.4 Å². The lowest BCUT2D eigenvalue weighted by Gasteiger charge is -2.16. The van der Waals surface area contributed by atoms with Gasteiger partial charge in [-0.05, 0) is 30.3 Å². The van der Waals surface area contributed by atoms with Gasteiger partial charge in [-0.2, -0.15) is 0 Å². The van der Waals surface area contributed by atoms with E-state index in [1.54, 1.807) is 0 Å². The summed E-state index contributed by atoms with van der Waals surface area (Å²) in [6, 6.07) is 13.4. The summed E-state index contributed by atoms with van der Waals surface area (Å²) in [5.41, 5.74) is 7.59. The fourth-order valence-electron chi connectivity index (χ4n) is 1.79. The molecule has 0 fully saturated rings. The van der Waals surface area contributed by atoms with Crippen LogP contribution in [0, 0.1) is 0 Å². The summed E-state index contributed by atoms with van der Waals surface area (Å²) < 4.78 is 12.3. The van der Waals surface area contributed by atoms with Crippen LogP contribution >= 0.6 is 15.9 Å². The molecule has 5 heteroatoms. The van der Waals surface area contributed by atoms with Crippen LogP contribution in [0.2, 0.25) is 0 Å². The Balaban J connectivity index is 1.87. The van der Waals surface area contributed by atoms with Gasteiger partial charge in [0.25, 0.3) is 0 Å². The number of ether oxygens (including phenoxy) is 2. The molecule has 112 valence electrons. The molecule has 0 aliphatic heterocycles. The first-order valence-electron chi connectivity index (χ1n) is 6.64. The fourth-order valence-corrected chi connectivity index (χ4v) is 2.17. The van der Waals surface area contributed by atoms with Gasteiger partial charge in [-0.3, -0.25) is 0 Å². The summed E-state index contributed by atoms with van der Waals surface area (Å²) in [5.74, 6) is 1.49. The molecule has 0 heterocycles. The number of anilines is 2. The third-order valence-corrected chi connectivity index (χ3v) is 3.41. The molecular formula is C16H19BrN2O2. The normalized spacial score (nSPS) is 10.2. The highest BCUT2D eigenvalue weighted by molar-refractivity contribution is 9.10. The molecule has 0 spiro atoms. The Hall–Kier alpha value is -1.88. The van der Waals surface area contributed by atoms with E-state index < -0.39 is 0 Å². The van der Waals surface area contributed by atoms with Crippen LogP contribution in [0.5, 0.6) is 11.5 Å². The lowest BCUT2D eigenvalue weighted by atomic mass is 10.2. The van der Waals surface area contributed by atoms with Gasteiger partial charge >= 0.3 is 0 Å². The number of benzene rings is 2. The second-order valence-electron chi connectivity index (χ2n) is 4.77. The minimum absolute atomic E-state index is 0.438. The van der Waals surface area contributed by atoms with E-state index in [-0.39, 0.29) is 0 Å². The van der Waals surface area contributed by atoms with Crippen LogP contribution in [0.15, 0.2) is 46.9 Å². The Kier molecular flexibility index (Phi) is 5.33. The largest absolute Gasteiger partial charge is 0.490 e. The molecule has 0 saturated heterocycles. The van der Waals surface area contributed by atoms with Gasteiger partial charge in [0, 0.05) is 30.3 Å². The van der Waals surface area contributed by atoms with Crippen molar-refractivity contribution in [2.45, 2.75) is 0 Å². The quantitative estimate of drug-likeness (QED) is 0.639. The van der Waals surface area contributed by atoms with Crippen molar-refractivity contribution in [1.82, 2.24) is 0 Å². The lowest BCUT2D eigenvalue weighted by molar-refractivity contribution is 0.218. The molecule has 0 unspecified atom stereocenters. The van der Waals surface area contributed by atoms with Crippen LogP contribution in [-0.2, 0) is 0 Å². The van der Waals surface area contributed by atoms with Crippen LogP contribution in [-0.4, -0.2) is 27.3 Å². The average molecular weight is 351 g/mol. The maximum Gasteiger partial charge on any atom is 0.144 e. The monoisotopic (exact) mass is 350 g/mol. The molecule has 0 aromatic heterocycles. The van der Waals surface area contributed by atoms with Crippen molar-refractivity contribution in [3.63, 3.8) is 0 Å². The van der Waals surface area contributed by atoms with Crippen LogP contribution in [0.3, 0.4) is 0 Å². The second-order valence-corrected chi connectivity index (χ2v) is 5.69. The SMILES string of the molecule is CN(C)c1ccc(N)c(OCCOc2cccc(Br)c2)c1. The predicted molar refractivity (Wildman–Crippen MR) is 90.3 cm³/mol. The van der Waals surface area contributed by atoms with Gasteiger partial charge in [-0.15, -0.1) is 0 Å². The number of nitrogens with two attached hydrogens (primary N) is 1. The van der Waals surface area contributed by atoms with Crippen LogP contribution in [0.1, 0.15) is 0 Å². The molecule has 2 rings (SSSR count). The Morgan fingerprint density at radius 2 is 1.81 bits per heavy atom. The summed E-state index contributed by atoms with van der Waals surface area (Å²) in [6.45, 7) is 0.898. The van der Waals surface area contributed by atoms with E-state index in [0.29, 0.717) is 24.7 Å². The molecule has 0 amide bonds. The minimum atomic E-state index is 0.438. The highest BCUT2D eigenvalue weighted by Crippen LogP contribution is 2.26. The molecule has 0 radical (unpaired) electrons. The van der Waals surface area contributed by atoms with E-state index in [4.69, 9.17) is 15.2 Å².